The monoisotopic (exact) mass is 530 g/mol. The van der Waals surface area contributed by atoms with Gasteiger partial charge >= 0.3 is 0 Å². The first-order valence-electron chi connectivity index (χ1n) is 13.9. The first-order valence-corrected chi connectivity index (χ1v) is 13.9. The van der Waals surface area contributed by atoms with Crippen LogP contribution in [0.2, 0.25) is 0 Å². The van der Waals surface area contributed by atoms with Gasteiger partial charge in [-0.1, -0.05) is 59.3 Å². The SMILES string of the molecule is CCCCCCCCCC(=O)c1c(O)cc(O)c([C@@H](CC(C)C)C2=C(O)C(C)(C)C(=O)C(C)(C)C2=O)c1O. The molecule has 0 fully saturated rings. The number of aliphatic hydroxyl groups excluding tert-OH is 1. The number of aliphatic hydroxyl groups is 1. The molecule has 4 N–H and O–H groups in total. The second kappa shape index (κ2) is 12.4. The Labute approximate surface area is 227 Å². The van der Waals surface area contributed by atoms with Crippen molar-refractivity contribution in [2.45, 2.75) is 112 Å². The molecule has 1 atom stereocenters. The standard InChI is InChI=1S/C31H46O7/c1-8-9-10-11-12-13-14-15-20(32)25-22(34)17-21(33)23(26(25)35)19(16-18(2)3)24-27(36)30(4,5)29(38)31(6,7)28(24)37/h17-19,33-36H,8-16H2,1-7H3/t19-/m1/s1. The van der Waals surface area contributed by atoms with Gasteiger partial charge in [0.1, 0.15) is 28.6 Å². The van der Waals surface area contributed by atoms with Gasteiger partial charge in [0, 0.05) is 29.5 Å². The Kier molecular flexibility index (Phi) is 10.2. The van der Waals surface area contributed by atoms with E-state index < -0.39 is 57.1 Å². The summed E-state index contributed by atoms with van der Waals surface area (Å²) in [6.45, 7) is 12.0. The lowest BCUT2D eigenvalue weighted by atomic mass is 9.60. The third kappa shape index (κ3) is 6.24. The first kappa shape index (κ1) is 31.4. The molecule has 2 rings (SSSR count). The lowest BCUT2D eigenvalue weighted by Crippen LogP contribution is -2.49. The summed E-state index contributed by atoms with van der Waals surface area (Å²) >= 11 is 0. The molecule has 0 aliphatic heterocycles. The Morgan fingerprint density at radius 3 is 1.95 bits per heavy atom. The van der Waals surface area contributed by atoms with Crippen LogP contribution >= 0.6 is 0 Å². The number of carbonyl (C=O) groups excluding carboxylic acids is 3. The smallest absolute Gasteiger partial charge is 0.175 e. The van der Waals surface area contributed by atoms with Gasteiger partial charge < -0.3 is 20.4 Å². The maximum Gasteiger partial charge on any atom is 0.175 e. The quantitative estimate of drug-likeness (QED) is 0.120. The molecule has 38 heavy (non-hydrogen) atoms. The van der Waals surface area contributed by atoms with Crippen LogP contribution in [0.4, 0.5) is 0 Å². The van der Waals surface area contributed by atoms with Gasteiger partial charge in [-0.15, -0.1) is 0 Å². The first-order chi connectivity index (χ1) is 17.6. The van der Waals surface area contributed by atoms with Gasteiger partial charge in [0.15, 0.2) is 17.3 Å². The lowest BCUT2D eigenvalue weighted by Gasteiger charge is -2.41. The fourth-order valence-corrected chi connectivity index (χ4v) is 5.59. The largest absolute Gasteiger partial charge is 0.511 e. The van der Waals surface area contributed by atoms with Crippen molar-refractivity contribution >= 4 is 17.3 Å². The average molecular weight is 531 g/mol. The summed E-state index contributed by atoms with van der Waals surface area (Å²) in [5.41, 5.74) is -3.25. The number of hydrogen-bond donors (Lipinski definition) is 4. The van der Waals surface area contributed by atoms with E-state index in [1.54, 1.807) is 13.8 Å². The van der Waals surface area contributed by atoms with Crippen molar-refractivity contribution in [1.29, 1.82) is 0 Å². The number of Topliss-reactive ketones (excluding diaryl/α,β-unsaturated/α-hetero) is 3. The number of phenols is 3. The third-order valence-electron chi connectivity index (χ3n) is 7.78. The zero-order valence-corrected chi connectivity index (χ0v) is 24.1. The number of rotatable bonds is 13. The van der Waals surface area contributed by atoms with Gasteiger partial charge in [-0.2, -0.15) is 0 Å². The predicted molar refractivity (Wildman–Crippen MR) is 148 cm³/mol. The van der Waals surface area contributed by atoms with Crippen molar-refractivity contribution in [2.75, 3.05) is 0 Å². The Bertz CT molecular complexity index is 1090. The number of carbonyl (C=O) groups is 3. The zero-order chi connectivity index (χ0) is 29.0. The molecule has 0 spiro atoms. The summed E-state index contributed by atoms with van der Waals surface area (Å²) in [7, 11) is 0. The number of allylic oxidation sites excluding steroid dienone is 2. The van der Waals surface area contributed by atoms with Crippen LogP contribution in [0.1, 0.15) is 128 Å². The van der Waals surface area contributed by atoms with Gasteiger partial charge in [0.2, 0.25) is 0 Å². The van der Waals surface area contributed by atoms with Gasteiger partial charge in [-0.05, 0) is 46.5 Å². The van der Waals surface area contributed by atoms with Crippen molar-refractivity contribution in [2.24, 2.45) is 16.7 Å². The van der Waals surface area contributed by atoms with E-state index in [2.05, 4.69) is 6.92 Å². The molecule has 1 aromatic carbocycles. The summed E-state index contributed by atoms with van der Waals surface area (Å²) < 4.78 is 0. The maximum absolute atomic E-state index is 13.6. The topological polar surface area (TPSA) is 132 Å². The molecule has 1 aliphatic rings. The van der Waals surface area contributed by atoms with Crippen LogP contribution < -0.4 is 0 Å². The predicted octanol–water partition coefficient (Wildman–Crippen LogP) is 7.27. The number of unbranched alkanes of at least 4 members (excludes halogenated alkanes) is 6. The molecule has 0 amide bonds. The second-order valence-electron chi connectivity index (χ2n) is 12.2. The highest BCUT2D eigenvalue weighted by molar-refractivity contribution is 6.19. The molecular weight excluding hydrogens is 484 g/mol. The van der Waals surface area contributed by atoms with E-state index in [1.165, 1.54) is 20.3 Å². The van der Waals surface area contributed by atoms with E-state index in [-0.39, 0.29) is 35.5 Å². The zero-order valence-electron chi connectivity index (χ0n) is 24.1. The maximum atomic E-state index is 13.6. The minimum atomic E-state index is -1.43. The third-order valence-corrected chi connectivity index (χ3v) is 7.78. The van der Waals surface area contributed by atoms with Gasteiger partial charge in [0.05, 0.1) is 10.8 Å². The second-order valence-corrected chi connectivity index (χ2v) is 12.2. The minimum Gasteiger partial charge on any atom is -0.511 e. The van der Waals surface area contributed by atoms with Crippen LogP contribution in [0.5, 0.6) is 17.2 Å². The lowest BCUT2D eigenvalue weighted by molar-refractivity contribution is -0.144. The molecule has 1 aliphatic carbocycles. The summed E-state index contributed by atoms with van der Waals surface area (Å²) in [5.74, 6) is -4.54. The molecule has 0 heterocycles. The van der Waals surface area contributed by atoms with Gasteiger partial charge in [-0.3, -0.25) is 14.4 Å². The molecule has 0 unspecified atom stereocenters. The van der Waals surface area contributed by atoms with E-state index >= 15 is 0 Å². The number of aromatic hydroxyl groups is 3. The number of hydrogen-bond acceptors (Lipinski definition) is 7. The molecule has 0 aromatic heterocycles. The molecule has 0 bridgehead atoms. The van der Waals surface area contributed by atoms with Crippen LogP contribution in [0.25, 0.3) is 0 Å². The minimum absolute atomic E-state index is 0.0450. The highest BCUT2D eigenvalue weighted by Crippen LogP contribution is 2.52. The Hall–Kier alpha value is -2.83. The summed E-state index contributed by atoms with van der Waals surface area (Å²) in [4.78, 5) is 39.8. The van der Waals surface area contributed by atoms with Crippen LogP contribution in [-0.2, 0) is 9.59 Å². The summed E-state index contributed by atoms with van der Waals surface area (Å²) in [5, 5.41) is 43.9. The van der Waals surface area contributed by atoms with Crippen molar-refractivity contribution < 1.29 is 34.8 Å². The molecule has 7 heteroatoms. The van der Waals surface area contributed by atoms with E-state index in [0.717, 1.165) is 38.2 Å². The molecule has 0 saturated heterocycles. The Morgan fingerprint density at radius 1 is 0.842 bits per heavy atom. The number of ketones is 3. The van der Waals surface area contributed by atoms with Crippen LogP contribution in [0, 0.1) is 16.7 Å². The van der Waals surface area contributed by atoms with Gasteiger partial charge in [-0.25, -0.2) is 0 Å². The van der Waals surface area contributed by atoms with Crippen molar-refractivity contribution in [1.82, 2.24) is 0 Å². The fraction of sp³-hybridized carbons (Fsp3) is 0.645. The summed E-state index contributed by atoms with van der Waals surface area (Å²) in [6, 6.07) is 1.01. The van der Waals surface area contributed by atoms with E-state index in [4.69, 9.17) is 0 Å². The molecule has 1 aromatic rings. The van der Waals surface area contributed by atoms with Crippen LogP contribution in [-0.4, -0.2) is 37.8 Å². The van der Waals surface area contributed by atoms with Crippen LogP contribution in [0.3, 0.4) is 0 Å². The normalized spacial score (nSPS) is 17.8. The summed E-state index contributed by atoms with van der Waals surface area (Å²) in [6.07, 6.45) is 7.41. The van der Waals surface area contributed by atoms with Crippen molar-refractivity contribution in [3.05, 3.63) is 28.5 Å². The van der Waals surface area contributed by atoms with E-state index in [1.807, 2.05) is 13.8 Å². The number of phenolic OH excluding ortho intramolecular Hbond substituents is 3. The Balaban J connectivity index is 2.55. The van der Waals surface area contributed by atoms with Crippen molar-refractivity contribution in [3.63, 3.8) is 0 Å². The molecule has 0 saturated carbocycles. The average Bonchev–Trinajstić information content (AvgIpc) is 2.81. The Morgan fingerprint density at radius 2 is 1.39 bits per heavy atom. The molecule has 7 nitrogen and oxygen atoms in total. The fourth-order valence-electron chi connectivity index (χ4n) is 5.59. The van der Waals surface area contributed by atoms with Crippen molar-refractivity contribution in [3.8, 4) is 17.2 Å². The molecule has 212 valence electrons. The molecule has 0 radical (unpaired) electrons. The van der Waals surface area contributed by atoms with Gasteiger partial charge in [0.25, 0.3) is 0 Å². The van der Waals surface area contributed by atoms with Crippen LogP contribution in [0.15, 0.2) is 17.4 Å². The highest BCUT2D eigenvalue weighted by atomic mass is 16.3. The molecular formula is C31H46O7. The number of benzene rings is 1. The highest BCUT2D eigenvalue weighted by Gasteiger charge is 2.55. The van der Waals surface area contributed by atoms with E-state index in [0.29, 0.717) is 6.42 Å². The van der Waals surface area contributed by atoms with E-state index in [9.17, 15) is 34.8 Å².